The van der Waals surface area contributed by atoms with E-state index in [1.54, 1.807) is 7.05 Å². The number of sulfone groups is 1. The van der Waals surface area contributed by atoms with E-state index >= 15 is 0 Å². The number of aliphatic hydroxyl groups is 1. The molecule has 0 spiro atoms. The summed E-state index contributed by atoms with van der Waals surface area (Å²) in [7, 11) is -1.15. The molecule has 1 saturated carbocycles. The highest BCUT2D eigenvalue weighted by molar-refractivity contribution is 7.91. The fourth-order valence-corrected chi connectivity index (χ4v) is 3.49. The zero-order valence-electron chi connectivity index (χ0n) is 9.44. The van der Waals surface area contributed by atoms with E-state index in [-0.39, 0.29) is 11.2 Å². The van der Waals surface area contributed by atoms with E-state index in [1.807, 2.05) is 0 Å². The molecule has 0 aromatic rings. The van der Waals surface area contributed by atoms with Crippen molar-refractivity contribution in [1.29, 1.82) is 0 Å². The van der Waals surface area contributed by atoms with E-state index in [0.29, 0.717) is 13.0 Å². The van der Waals surface area contributed by atoms with Crippen LogP contribution in [0.2, 0.25) is 0 Å². The number of nitrogens with one attached hydrogen (secondary N) is 1. The lowest BCUT2D eigenvalue weighted by molar-refractivity contribution is 0.0868. The normalized spacial score (nSPS) is 30.1. The molecule has 2 N–H and O–H groups in total. The van der Waals surface area contributed by atoms with Crippen LogP contribution in [0.3, 0.4) is 0 Å². The van der Waals surface area contributed by atoms with Gasteiger partial charge in [-0.1, -0.05) is 6.42 Å². The van der Waals surface area contributed by atoms with Gasteiger partial charge in [0, 0.05) is 12.8 Å². The predicted molar refractivity (Wildman–Crippen MR) is 60.5 cm³/mol. The Balaban J connectivity index is 2.56. The maximum Gasteiger partial charge on any atom is 0.150 e. The average Bonchev–Trinajstić information content (AvgIpc) is 2.17. The highest BCUT2D eigenvalue weighted by Crippen LogP contribution is 2.30. The standard InChI is InChI=1S/C10H21NO3S/c1-11-7-10(12)8-4-3-5-9(6-8)15(2,13)14/h8-12H,3-7H2,1-2H3. The molecule has 1 fully saturated rings. The summed E-state index contributed by atoms with van der Waals surface area (Å²) in [5, 5.41) is 12.5. The van der Waals surface area contributed by atoms with E-state index in [1.165, 1.54) is 6.26 Å². The van der Waals surface area contributed by atoms with E-state index in [0.717, 1.165) is 19.3 Å². The lowest BCUT2D eigenvalue weighted by atomic mass is 9.85. The van der Waals surface area contributed by atoms with Gasteiger partial charge in [0.1, 0.15) is 9.84 Å². The third kappa shape index (κ3) is 3.74. The van der Waals surface area contributed by atoms with Crippen molar-refractivity contribution < 1.29 is 13.5 Å². The quantitative estimate of drug-likeness (QED) is 0.729. The molecule has 90 valence electrons. The Bertz CT molecular complexity index is 289. The second kappa shape index (κ2) is 5.27. The number of likely N-dealkylation sites (N-methyl/N-ethyl adjacent to an activating group) is 1. The van der Waals surface area contributed by atoms with Gasteiger partial charge in [-0.2, -0.15) is 0 Å². The van der Waals surface area contributed by atoms with Gasteiger partial charge in [0.2, 0.25) is 0 Å². The molecule has 3 atom stereocenters. The Kier molecular flexibility index (Phi) is 4.55. The monoisotopic (exact) mass is 235 g/mol. The molecule has 0 aromatic heterocycles. The van der Waals surface area contributed by atoms with Gasteiger partial charge in [-0.15, -0.1) is 0 Å². The average molecular weight is 235 g/mol. The topological polar surface area (TPSA) is 66.4 Å². The van der Waals surface area contributed by atoms with Crippen LogP contribution in [0.4, 0.5) is 0 Å². The van der Waals surface area contributed by atoms with Crippen molar-refractivity contribution in [2.45, 2.75) is 37.0 Å². The molecule has 0 radical (unpaired) electrons. The molecular weight excluding hydrogens is 214 g/mol. The minimum atomic E-state index is -2.94. The van der Waals surface area contributed by atoms with Crippen molar-refractivity contribution in [3.63, 3.8) is 0 Å². The summed E-state index contributed by atoms with van der Waals surface area (Å²) in [5.74, 6) is 0.130. The first kappa shape index (κ1) is 12.9. The zero-order valence-corrected chi connectivity index (χ0v) is 10.3. The predicted octanol–water partition coefficient (Wildman–Crippen LogP) is 0.170. The van der Waals surface area contributed by atoms with Crippen LogP contribution < -0.4 is 5.32 Å². The number of aliphatic hydroxyl groups excluding tert-OH is 1. The van der Waals surface area contributed by atoms with Crippen LogP contribution in [-0.2, 0) is 9.84 Å². The molecule has 0 saturated heterocycles. The number of hydrogen-bond donors (Lipinski definition) is 2. The number of rotatable bonds is 4. The molecule has 4 nitrogen and oxygen atoms in total. The molecule has 0 aromatic carbocycles. The number of hydrogen-bond acceptors (Lipinski definition) is 4. The van der Waals surface area contributed by atoms with Crippen molar-refractivity contribution in [1.82, 2.24) is 5.32 Å². The molecule has 0 bridgehead atoms. The van der Waals surface area contributed by atoms with Gasteiger partial charge in [-0.25, -0.2) is 8.42 Å². The Morgan fingerprint density at radius 1 is 1.47 bits per heavy atom. The summed E-state index contributed by atoms with van der Waals surface area (Å²) in [6.07, 6.45) is 4.09. The van der Waals surface area contributed by atoms with Crippen molar-refractivity contribution in [2.24, 2.45) is 5.92 Å². The van der Waals surface area contributed by atoms with Gasteiger partial charge in [0.15, 0.2) is 0 Å². The van der Waals surface area contributed by atoms with Gasteiger partial charge in [-0.05, 0) is 32.2 Å². The van der Waals surface area contributed by atoms with Crippen LogP contribution in [0.1, 0.15) is 25.7 Å². The molecule has 0 aliphatic heterocycles. The van der Waals surface area contributed by atoms with Crippen molar-refractivity contribution in [2.75, 3.05) is 19.8 Å². The van der Waals surface area contributed by atoms with Crippen LogP contribution in [0.25, 0.3) is 0 Å². The first-order valence-electron chi connectivity index (χ1n) is 5.46. The van der Waals surface area contributed by atoms with Gasteiger partial charge in [0.25, 0.3) is 0 Å². The van der Waals surface area contributed by atoms with Gasteiger partial charge in [-0.3, -0.25) is 0 Å². The second-order valence-electron chi connectivity index (χ2n) is 4.50. The fourth-order valence-electron chi connectivity index (χ4n) is 2.30. The van der Waals surface area contributed by atoms with Crippen LogP contribution in [0, 0.1) is 5.92 Å². The summed E-state index contributed by atoms with van der Waals surface area (Å²) < 4.78 is 22.8. The van der Waals surface area contributed by atoms with E-state index in [9.17, 15) is 13.5 Å². The van der Waals surface area contributed by atoms with E-state index in [2.05, 4.69) is 5.32 Å². The minimum absolute atomic E-state index is 0.130. The minimum Gasteiger partial charge on any atom is -0.392 e. The van der Waals surface area contributed by atoms with Crippen LogP contribution in [-0.4, -0.2) is 44.7 Å². The Labute approximate surface area is 92.0 Å². The summed E-state index contributed by atoms with van der Waals surface area (Å²) in [6.45, 7) is 0.543. The zero-order chi connectivity index (χ0) is 11.5. The second-order valence-corrected chi connectivity index (χ2v) is 6.83. The SMILES string of the molecule is CNCC(O)C1CCCC(S(C)(=O)=O)C1. The first-order chi connectivity index (χ1) is 6.95. The highest BCUT2D eigenvalue weighted by atomic mass is 32.2. The molecule has 5 heteroatoms. The third-order valence-corrected chi connectivity index (χ3v) is 4.87. The molecule has 1 aliphatic rings. The van der Waals surface area contributed by atoms with Gasteiger partial charge < -0.3 is 10.4 Å². The molecule has 1 rings (SSSR count). The molecular formula is C10H21NO3S. The summed E-state index contributed by atoms with van der Waals surface area (Å²) in [6, 6.07) is 0. The first-order valence-corrected chi connectivity index (χ1v) is 7.42. The lowest BCUT2D eigenvalue weighted by Crippen LogP contribution is -2.37. The van der Waals surface area contributed by atoms with E-state index in [4.69, 9.17) is 0 Å². The van der Waals surface area contributed by atoms with Crippen molar-refractivity contribution in [3.05, 3.63) is 0 Å². The smallest absolute Gasteiger partial charge is 0.150 e. The largest absolute Gasteiger partial charge is 0.392 e. The molecule has 3 unspecified atom stereocenters. The molecule has 0 amide bonds. The van der Waals surface area contributed by atoms with Crippen LogP contribution in [0.15, 0.2) is 0 Å². The highest BCUT2D eigenvalue weighted by Gasteiger charge is 2.31. The molecule has 15 heavy (non-hydrogen) atoms. The third-order valence-electron chi connectivity index (χ3n) is 3.23. The molecule has 1 aliphatic carbocycles. The van der Waals surface area contributed by atoms with Gasteiger partial charge >= 0.3 is 0 Å². The summed E-state index contributed by atoms with van der Waals surface area (Å²) >= 11 is 0. The fraction of sp³-hybridized carbons (Fsp3) is 1.00. The van der Waals surface area contributed by atoms with Crippen LogP contribution >= 0.6 is 0 Å². The maximum absolute atomic E-state index is 11.4. The van der Waals surface area contributed by atoms with E-state index < -0.39 is 15.9 Å². The molecule has 0 heterocycles. The lowest BCUT2D eigenvalue weighted by Gasteiger charge is -2.31. The van der Waals surface area contributed by atoms with Crippen molar-refractivity contribution >= 4 is 9.84 Å². The summed E-state index contributed by atoms with van der Waals surface area (Å²) in [4.78, 5) is 0. The van der Waals surface area contributed by atoms with Crippen molar-refractivity contribution in [3.8, 4) is 0 Å². The maximum atomic E-state index is 11.4. The Morgan fingerprint density at radius 3 is 2.67 bits per heavy atom. The summed E-state index contributed by atoms with van der Waals surface area (Å²) in [5.41, 5.74) is 0. The Hall–Kier alpha value is -0.130. The Morgan fingerprint density at radius 2 is 2.13 bits per heavy atom. The van der Waals surface area contributed by atoms with Gasteiger partial charge in [0.05, 0.1) is 11.4 Å². The van der Waals surface area contributed by atoms with Crippen LogP contribution in [0.5, 0.6) is 0 Å².